The van der Waals surface area contributed by atoms with Gasteiger partial charge in [-0.2, -0.15) is 0 Å². The highest BCUT2D eigenvalue weighted by Crippen LogP contribution is 2.25. The summed E-state index contributed by atoms with van der Waals surface area (Å²) in [5.74, 6) is -0.655. The summed E-state index contributed by atoms with van der Waals surface area (Å²) in [4.78, 5) is 26.5. The first-order valence-electron chi connectivity index (χ1n) is 7.52. The molecule has 3 rings (SSSR count). The minimum absolute atomic E-state index is 0.192. The normalized spacial score (nSPS) is 13.1. The Bertz CT molecular complexity index is 766. The number of carbonyl (C=O) groups excluding carboxylic acids is 2. The number of amides is 2. The minimum Gasteiger partial charge on any atom is -0.375 e. The van der Waals surface area contributed by atoms with Gasteiger partial charge in [0.1, 0.15) is 0 Å². The number of fused-ring (bicyclic) bond motifs is 1. The number of imide groups is 1. The Balaban J connectivity index is 1.74. The molecule has 1 N–H and O–H groups in total. The van der Waals surface area contributed by atoms with E-state index in [0.29, 0.717) is 5.57 Å². The zero-order valence-corrected chi connectivity index (χ0v) is 13.0. The molecule has 2 aromatic rings. The number of carbonyl (C=O) groups is 2. The first-order chi connectivity index (χ1) is 11.1. The third-order valence-electron chi connectivity index (χ3n) is 3.78. The van der Waals surface area contributed by atoms with E-state index in [0.717, 1.165) is 23.2 Å². The Kier molecular flexibility index (Phi) is 4.24. The maximum Gasteiger partial charge on any atom is 0.259 e. The number of nitrogens with zero attached hydrogens (tertiary/aromatic N) is 1. The van der Waals surface area contributed by atoms with Gasteiger partial charge in [0.15, 0.2) is 0 Å². The maximum atomic E-state index is 12.5. The average Bonchev–Trinajstić information content (AvgIpc) is 2.54. The topological polar surface area (TPSA) is 49.4 Å². The van der Waals surface area contributed by atoms with Crippen LogP contribution in [0.5, 0.6) is 0 Å². The third kappa shape index (κ3) is 3.48. The molecule has 0 unspecified atom stereocenters. The number of rotatable bonds is 3. The van der Waals surface area contributed by atoms with Gasteiger partial charge in [0.25, 0.3) is 5.91 Å². The second-order valence-electron chi connectivity index (χ2n) is 5.65. The van der Waals surface area contributed by atoms with E-state index in [1.54, 1.807) is 6.20 Å². The summed E-state index contributed by atoms with van der Waals surface area (Å²) in [5, 5.41) is 2.49. The first kappa shape index (κ1) is 15.0. The van der Waals surface area contributed by atoms with Gasteiger partial charge in [-0.1, -0.05) is 54.6 Å². The molecule has 0 saturated heterocycles. The van der Waals surface area contributed by atoms with Crippen molar-refractivity contribution in [3.05, 3.63) is 77.5 Å². The van der Waals surface area contributed by atoms with Crippen LogP contribution in [0.25, 0.3) is 5.57 Å². The molecule has 23 heavy (non-hydrogen) atoms. The van der Waals surface area contributed by atoms with E-state index in [2.05, 4.69) is 5.32 Å². The van der Waals surface area contributed by atoms with Crippen molar-refractivity contribution in [1.29, 1.82) is 0 Å². The Morgan fingerprint density at radius 2 is 1.74 bits per heavy atom. The molecule has 0 aliphatic carbocycles. The molecule has 116 valence electrons. The summed E-state index contributed by atoms with van der Waals surface area (Å²) in [7, 11) is 1.91. The minimum atomic E-state index is -0.357. The van der Waals surface area contributed by atoms with Crippen molar-refractivity contribution < 1.29 is 9.59 Å². The van der Waals surface area contributed by atoms with Crippen LogP contribution in [0, 0.1) is 0 Å². The Morgan fingerprint density at radius 3 is 2.52 bits per heavy atom. The summed E-state index contributed by atoms with van der Waals surface area (Å²) < 4.78 is 0. The van der Waals surface area contributed by atoms with Gasteiger partial charge in [-0.15, -0.1) is 0 Å². The number of nitrogens with one attached hydrogen (secondary N) is 1. The van der Waals surface area contributed by atoms with Crippen molar-refractivity contribution in [2.75, 3.05) is 7.05 Å². The Hall–Kier alpha value is -2.88. The average molecular weight is 306 g/mol. The molecular weight excluding hydrogens is 288 g/mol. The fourth-order valence-corrected chi connectivity index (χ4v) is 2.73. The van der Waals surface area contributed by atoms with E-state index >= 15 is 0 Å². The van der Waals surface area contributed by atoms with Gasteiger partial charge < -0.3 is 4.90 Å². The lowest BCUT2D eigenvalue weighted by molar-refractivity contribution is -0.127. The van der Waals surface area contributed by atoms with Crippen LogP contribution in [0.4, 0.5) is 0 Å². The van der Waals surface area contributed by atoms with Crippen LogP contribution < -0.4 is 5.32 Å². The van der Waals surface area contributed by atoms with Crippen LogP contribution in [-0.4, -0.2) is 23.8 Å². The number of hydrogen-bond acceptors (Lipinski definition) is 3. The summed E-state index contributed by atoms with van der Waals surface area (Å²) >= 11 is 0. The Morgan fingerprint density at radius 1 is 1.04 bits per heavy atom. The molecule has 2 aromatic carbocycles. The van der Waals surface area contributed by atoms with Gasteiger partial charge in [-0.05, 0) is 16.7 Å². The van der Waals surface area contributed by atoms with E-state index in [1.807, 2.05) is 66.5 Å². The lowest BCUT2D eigenvalue weighted by Gasteiger charge is -2.24. The predicted molar refractivity (Wildman–Crippen MR) is 89.2 cm³/mol. The molecule has 1 heterocycles. The zero-order valence-electron chi connectivity index (χ0n) is 13.0. The van der Waals surface area contributed by atoms with Gasteiger partial charge in [-0.25, -0.2) is 0 Å². The van der Waals surface area contributed by atoms with E-state index in [-0.39, 0.29) is 18.2 Å². The van der Waals surface area contributed by atoms with Gasteiger partial charge in [0.05, 0.1) is 12.0 Å². The van der Waals surface area contributed by atoms with Crippen LogP contribution in [0.3, 0.4) is 0 Å². The van der Waals surface area contributed by atoms with E-state index in [4.69, 9.17) is 0 Å². The van der Waals surface area contributed by atoms with E-state index in [1.165, 1.54) is 0 Å². The third-order valence-corrected chi connectivity index (χ3v) is 3.78. The van der Waals surface area contributed by atoms with E-state index in [9.17, 15) is 9.59 Å². The summed E-state index contributed by atoms with van der Waals surface area (Å²) in [6, 6.07) is 17.1. The molecule has 1 aliphatic heterocycles. The van der Waals surface area contributed by atoms with Crippen LogP contribution in [0.15, 0.2) is 60.8 Å². The van der Waals surface area contributed by atoms with Crippen molar-refractivity contribution >= 4 is 17.4 Å². The fraction of sp³-hybridized carbons (Fsp3) is 0.158. The molecule has 0 bridgehead atoms. The molecule has 0 saturated carbocycles. The van der Waals surface area contributed by atoms with Gasteiger partial charge in [0, 0.05) is 19.8 Å². The predicted octanol–water partition coefficient (Wildman–Crippen LogP) is 2.36. The van der Waals surface area contributed by atoms with Crippen molar-refractivity contribution in [2.45, 2.75) is 13.0 Å². The molecule has 2 amide bonds. The second-order valence-corrected chi connectivity index (χ2v) is 5.65. The molecule has 0 spiro atoms. The number of benzene rings is 2. The Labute approximate surface area is 135 Å². The summed E-state index contributed by atoms with van der Waals surface area (Å²) in [5.41, 5.74) is 3.37. The van der Waals surface area contributed by atoms with E-state index < -0.39 is 0 Å². The van der Waals surface area contributed by atoms with Crippen molar-refractivity contribution in [3.63, 3.8) is 0 Å². The monoisotopic (exact) mass is 306 g/mol. The van der Waals surface area contributed by atoms with Crippen LogP contribution in [0.1, 0.15) is 16.7 Å². The highest BCUT2D eigenvalue weighted by atomic mass is 16.2. The smallest absolute Gasteiger partial charge is 0.259 e. The largest absolute Gasteiger partial charge is 0.375 e. The lowest BCUT2D eigenvalue weighted by Crippen LogP contribution is -2.34. The van der Waals surface area contributed by atoms with Gasteiger partial charge >= 0.3 is 0 Å². The molecule has 0 aromatic heterocycles. The molecule has 0 atom stereocenters. The quantitative estimate of drug-likeness (QED) is 0.947. The van der Waals surface area contributed by atoms with Crippen molar-refractivity contribution in [2.24, 2.45) is 0 Å². The van der Waals surface area contributed by atoms with Crippen molar-refractivity contribution in [3.8, 4) is 0 Å². The highest BCUT2D eigenvalue weighted by Gasteiger charge is 2.21. The van der Waals surface area contributed by atoms with Crippen LogP contribution in [-0.2, 0) is 22.6 Å². The molecule has 0 radical (unpaired) electrons. The zero-order chi connectivity index (χ0) is 16.2. The van der Waals surface area contributed by atoms with Gasteiger partial charge in [0.2, 0.25) is 5.91 Å². The van der Waals surface area contributed by atoms with Gasteiger partial charge in [-0.3, -0.25) is 14.9 Å². The second kappa shape index (κ2) is 6.48. The molecule has 1 aliphatic rings. The molecule has 4 nitrogen and oxygen atoms in total. The molecule has 4 heteroatoms. The van der Waals surface area contributed by atoms with Crippen LogP contribution >= 0.6 is 0 Å². The fourth-order valence-electron chi connectivity index (χ4n) is 2.73. The summed E-state index contributed by atoms with van der Waals surface area (Å²) in [6.45, 7) is 0.755. The van der Waals surface area contributed by atoms with Crippen LogP contribution in [0.2, 0.25) is 0 Å². The maximum absolute atomic E-state index is 12.5. The highest BCUT2D eigenvalue weighted by molar-refractivity contribution is 6.24. The lowest BCUT2D eigenvalue weighted by atomic mass is 9.96. The standard InChI is InChI=1S/C19H18N2O2/c1-21-12-15-9-5-6-10-16(15)17(13-21)19(23)20-18(22)11-14-7-3-2-4-8-14/h2-10,13H,11-12H2,1H3,(H,20,22,23). The first-order valence-corrected chi connectivity index (χ1v) is 7.52. The number of hydrogen-bond donors (Lipinski definition) is 1. The molecular formula is C19H18N2O2. The van der Waals surface area contributed by atoms with Crippen molar-refractivity contribution in [1.82, 2.24) is 10.2 Å². The summed E-state index contributed by atoms with van der Waals surface area (Å²) in [6.07, 6.45) is 1.98. The SMILES string of the molecule is CN1C=C(C(=O)NC(=O)Cc2ccccc2)c2ccccc2C1. The molecule has 0 fully saturated rings.